The molecule has 0 saturated heterocycles. The van der Waals surface area contributed by atoms with Gasteiger partial charge in [0.15, 0.2) is 0 Å². The first-order chi connectivity index (χ1) is 13.9. The minimum Gasteiger partial charge on any atom is -0.378 e. The van der Waals surface area contributed by atoms with Crippen LogP contribution in [0.25, 0.3) is 11.8 Å². The Balaban J connectivity index is 1.86. The van der Waals surface area contributed by atoms with Crippen molar-refractivity contribution in [2.75, 3.05) is 24.3 Å². The summed E-state index contributed by atoms with van der Waals surface area (Å²) in [5.74, 6) is -0.425. The van der Waals surface area contributed by atoms with Crippen LogP contribution in [0.2, 0.25) is 0 Å². The highest BCUT2D eigenvalue weighted by atomic mass is 16.1. The van der Waals surface area contributed by atoms with Gasteiger partial charge in [-0.2, -0.15) is 5.26 Å². The zero-order valence-corrected chi connectivity index (χ0v) is 17.1. The van der Waals surface area contributed by atoms with Gasteiger partial charge in [-0.1, -0.05) is 6.07 Å². The van der Waals surface area contributed by atoms with E-state index in [2.05, 4.69) is 5.32 Å². The molecule has 5 heteroatoms. The first kappa shape index (κ1) is 20.0. The summed E-state index contributed by atoms with van der Waals surface area (Å²) in [6.45, 7) is 4.00. The van der Waals surface area contributed by atoms with Crippen LogP contribution in [0, 0.1) is 25.2 Å². The van der Waals surface area contributed by atoms with Crippen molar-refractivity contribution in [3.05, 3.63) is 83.2 Å². The first-order valence-electron chi connectivity index (χ1n) is 9.34. The molecule has 1 amide bonds. The molecule has 1 heterocycles. The summed E-state index contributed by atoms with van der Waals surface area (Å²) in [4.78, 5) is 14.6. The lowest BCUT2D eigenvalue weighted by molar-refractivity contribution is -0.112. The van der Waals surface area contributed by atoms with E-state index in [4.69, 9.17) is 0 Å². The second-order valence-electron chi connectivity index (χ2n) is 7.14. The van der Waals surface area contributed by atoms with Crippen LogP contribution in [-0.4, -0.2) is 24.6 Å². The molecule has 0 fully saturated rings. The Labute approximate surface area is 171 Å². The monoisotopic (exact) mass is 384 g/mol. The standard InChI is InChI=1S/C24H24N4O/c1-17-7-8-20(14-18(17)2)26-24(29)19(16-25)15-23-6-5-13-28(23)22-11-9-21(10-12-22)27(3)4/h5-15H,1-4H3,(H,26,29)/b19-15-. The topological polar surface area (TPSA) is 61.1 Å². The van der Waals surface area contributed by atoms with Gasteiger partial charge in [0.2, 0.25) is 0 Å². The van der Waals surface area contributed by atoms with E-state index < -0.39 is 5.91 Å². The van der Waals surface area contributed by atoms with E-state index in [1.807, 2.05) is 104 Å². The van der Waals surface area contributed by atoms with Gasteiger partial charge in [-0.25, -0.2) is 0 Å². The molecule has 3 aromatic rings. The van der Waals surface area contributed by atoms with Crippen LogP contribution < -0.4 is 10.2 Å². The minimum atomic E-state index is -0.425. The number of amides is 1. The maximum Gasteiger partial charge on any atom is 0.266 e. The molecule has 5 nitrogen and oxygen atoms in total. The molecule has 0 aliphatic heterocycles. The molecular formula is C24H24N4O. The normalized spacial score (nSPS) is 11.1. The van der Waals surface area contributed by atoms with Crippen molar-refractivity contribution in [1.29, 1.82) is 5.26 Å². The maximum absolute atomic E-state index is 12.6. The molecule has 3 rings (SSSR count). The number of carbonyl (C=O) groups is 1. The SMILES string of the molecule is Cc1ccc(NC(=O)/C(C#N)=C\c2cccn2-c2ccc(N(C)C)cc2)cc1C. The molecular weight excluding hydrogens is 360 g/mol. The van der Waals surface area contributed by atoms with Crippen molar-refractivity contribution in [2.24, 2.45) is 0 Å². The predicted molar refractivity (Wildman–Crippen MR) is 118 cm³/mol. The number of carbonyl (C=O) groups excluding carboxylic acids is 1. The Kier molecular flexibility index (Phi) is 5.85. The predicted octanol–water partition coefficient (Wildman–Crippen LogP) is 4.71. The van der Waals surface area contributed by atoms with Crippen LogP contribution in [-0.2, 0) is 4.79 Å². The number of rotatable bonds is 5. The van der Waals surface area contributed by atoms with Crippen LogP contribution in [0.1, 0.15) is 16.8 Å². The number of nitriles is 1. The Morgan fingerprint density at radius 1 is 1.07 bits per heavy atom. The summed E-state index contributed by atoms with van der Waals surface area (Å²) >= 11 is 0. The summed E-state index contributed by atoms with van der Waals surface area (Å²) in [6, 6.07) is 19.5. The van der Waals surface area contributed by atoms with Gasteiger partial charge in [-0.15, -0.1) is 0 Å². The number of benzene rings is 2. The largest absolute Gasteiger partial charge is 0.378 e. The summed E-state index contributed by atoms with van der Waals surface area (Å²) < 4.78 is 1.94. The highest BCUT2D eigenvalue weighted by Crippen LogP contribution is 2.20. The number of aryl methyl sites for hydroxylation is 2. The Morgan fingerprint density at radius 3 is 2.41 bits per heavy atom. The third kappa shape index (κ3) is 4.56. The van der Waals surface area contributed by atoms with Crippen LogP contribution in [0.3, 0.4) is 0 Å². The van der Waals surface area contributed by atoms with Crippen molar-refractivity contribution in [3.8, 4) is 11.8 Å². The fraction of sp³-hybridized carbons (Fsp3) is 0.167. The van der Waals surface area contributed by atoms with E-state index in [9.17, 15) is 10.1 Å². The molecule has 1 aromatic heterocycles. The van der Waals surface area contributed by atoms with Crippen LogP contribution in [0.4, 0.5) is 11.4 Å². The Morgan fingerprint density at radius 2 is 1.79 bits per heavy atom. The third-order valence-electron chi connectivity index (χ3n) is 4.85. The van der Waals surface area contributed by atoms with E-state index >= 15 is 0 Å². The number of nitrogens with one attached hydrogen (secondary N) is 1. The molecule has 0 aliphatic rings. The van der Waals surface area contributed by atoms with Crippen molar-refractivity contribution < 1.29 is 4.79 Å². The zero-order valence-electron chi connectivity index (χ0n) is 17.1. The molecule has 2 aromatic carbocycles. The molecule has 0 aliphatic carbocycles. The van der Waals surface area contributed by atoms with Crippen LogP contribution in [0.5, 0.6) is 0 Å². The minimum absolute atomic E-state index is 0.0492. The fourth-order valence-electron chi connectivity index (χ4n) is 2.97. The van der Waals surface area contributed by atoms with E-state index in [0.717, 1.165) is 28.2 Å². The van der Waals surface area contributed by atoms with E-state index in [0.29, 0.717) is 5.69 Å². The highest BCUT2D eigenvalue weighted by Gasteiger charge is 2.12. The van der Waals surface area contributed by atoms with Crippen LogP contribution in [0.15, 0.2) is 66.4 Å². The van der Waals surface area contributed by atoms with Gasteiger partial charge in [0.25, 0.3) is 5.91 Å². The second-order valence-corrected chi connectivity index (χ2v) is 7.14. The number of hydrogen-bond donors (Lipinski definition) is 1. The second kappa shape index (κ2) is 8.49. The van der Waals surface area contributed by atoms with Crippen molar-refractivity contribution in [3.63, 3.8) is 0 Å². The molecule has 0 bridgehead atoms. The summed E-state index contributed by atoms with van der Waals surface area (Å²) in [7, 11) is 3.98. The number of nitrogens with zero attached hydrogens (tertiary/aromatic N) is 3. The van der Waals surface area contributed by atoms with E-state index in [-0.39, 0.29) is 5.57 Å². The molecule has 0 atom stereocenters. The van der Waals surface area contributed by atoms with Gasteiger partial charge in [-0.05, 0) is 79.6 Å². The molecule has 1 N–H and O–H groups in total. The molecule has 0 saturated carbocycles. The Hall–Kier alpha value is -3.78. The maximum atomic E-state index is 12.6. The molecule has 0 radical (unpaired) electrons. The number of hydrogen-bond acceptors (Lipinski definition) is 3. The lowest BCUT2D eigenvalue weighted by Gasteiger charge is -2.14. The molecule has 29 heavy (non-hydrogen) atoms. The van der Waals surface area contributed by atoms with E-state index in [1.54, 1.807) is 6.08 Å². The molecule has 146 valence electrons. The first-order valence-corrected chi connectivity index (χ1v) is 9.34. The quantitative estimate of drug-likeness (QED) is 0.512. The van der Waals surface area contributed by atoms with E-state index in [1.165, 1.54) is 0 Å². The lowest BCUT2D eigenvalue weighted by atomic mass is 10.1. The zero-order chi connectivity index (χ0) is 21.0. The molecule has 0 spiro atoms. The summed E-state index contributed by atoms with van der Waals surface area (Å²) in [5.41, 5.74) is 5.77. The summed E-state index contributed by atoms with van der Waals surface area (Å²) in [6.07, 6.45) is 3.52. The number of anilines is 2. The van der Waals surface area contributed by atoms with Gasteiger partial charge in [0.05, 0.1) is 0 Å². The smallest absolute Gasteiger partial charge is 0.266 e. The van der Waals surface area contributed by atoms with Crippen molar-refractivity contribution in [2.45, 2.75) is 13.8 Å². The lowest BCUT2D eigenvalue weighted by Crippen LogP contribution is -2.14. The van der Waals surface area contributed by atoms with Gasteiger partial charge in [0.1, 0.15) is 11.6 Å². The average Bonchev–Trinajstić information content (AvgIpc) is 3.17. The van der Waals surface area contributed by atoms with Gasteiger partial charge >= 0.3 is 0 Å². The van der Waals surface area contributed by atoms with Gasteiger partial charge < -0.3 is 14.8 Å². The van der Waals surface area contributed by atoms with Gasteiger partial charge in [0, 0.05) is 43.0 Å². The van der Waals surface area contributed by atoms with Crippen LogP contribution >= 0.6 is 0 Å². The Bertz CT molecular complexity index is 1100. The summed E-state index contributed by atoms with van der Waals surface area (Å²) in [5, 5.41) is 12.3. The van der Waals surface area contributed by atoms with Crippen molar-refractivity contribution >= 4 is 23.4 Å². The third-order valence-corrected chi connectivity index (χ3v) is 4.85. The van der Waals surface area contributed by atoms with Gasteiger partial charge in [-0.3, -0.25) is 4.79 Å². The van der Waals surface area contributed by atoms with Crippen molar-refractivity contribution in [1.82, 2.24) is 4.57 Å². The highest BCUT2D eigenvalue weighted by molar-refractivity contribution is 6.09. The average molecular weight is 384 g/mol. The molecule has 0 unspecified atom stereocenters. The number of aromatic nitrogens is 1. The fourth-order valence-corrected chi connectivity index (χ4v) is 2.97.